The monoisotopic (exact) mass is 207 g/mol. The fourth-order valence-electron chi connectivity index (χ4n) is 1.29. The third kappa shape index (κ3) is 6.05. The fourth-order valence-corrected chi connectivity index (χ4v) is 3.45. The standard InChI is InChI=1S/C9H21NO2S/c1-5-9(10-4)7-13(11,12)6-8(2)3/h8-10H,5-7H2,1-4H3. The topological polar surface area (TPSA) is 46.2 Å². The van der Waals surface area contributed by atoms with Crippen LogP contribution in [0.15, 0.2) is 0 Å². The SMILES string of the molecule is CCC(CS(=O)(=O)CC(C)C)NC. The van der Waals surface area contributed by atoms with Crippen LogP contribution in [0.25, 0.3) is 0 Å². The van der Waals surface area contributed by atoms with Crippen molar-refractivity contribution in [2.45, 2.75) is 33.2 Å². The summed E-state index contributed by atoms with van der Waals surface area (Å²) >= 11 is 0. The third-order valence-electron chi connectivity index (χ3n) is 1.94. The molecule has 0 aliphatic heterocycles. The maximum Gasteiger partial charge on any atom is 0.152 e. The van der Waals surface area contributed by atoms with Crippen molar-refractivity contribution in [2.75, 3.05) is 18.6 Å². The van der Waals surface area contributed by atoms with Gasteiger partial charge in [-0.25, -0.2) is 8.42 Å². The second-order valence-electron chi connectivity index (χ2n) is 3.86. The van der Waals surface area contributed by atoms with Gasteiger partial charge in [-0.3, -0.25) is 0 Å². The number of hydrogen-bond acceptors (Lipinski definition) is 3. The number of hydrogen-bond donors (Lipinski definition) is 1. The first-order chi connectivity index (χ1) is 5.91. The predicted molar refractivity (Wildman–Crippen MR) is 56.6 cm³/mol. The molecule has 0 heterocycles. The zero-order valence-electron chi connectivity index (χ0n) is 9.00. The Bertz CT molecular complexity index is 218. The summed E-state index contributed by atoms with van der Waals surface area (Å²) in [6, 6.07) is 0.101. The molecule has 0 bridgehead atoms. The van der Waals surface area contributed by atoms with Crippen LogP contribution < -0.4 is 5.32 Å². The largest absolute Gasteiger partial charge is 0.316 e. The summed E-state index contributed by atoms with van der Waals surface area (Å²) in [5.74, 6) is 0.781. The normalized spacial score (nSPS) is 14.8. The van der Waals surface area contributed by atoms with E-state index in [1.54, 1.807) is 7.05 Å². The van der Waals surface area contributed by atoms with Crippen molar-refractivity contribution in [2.24, 2.45) is 5.92 Å². The average molecular weight is 207 g/mol. The van der Waals surface area contributed by atoms with Gasteiger partial charge in [0, 0.05) is 6.04 Å². The minimum atomic E-state index is -2.87. The molecule has 1 atom stereocenters. The predicted octanol–water partition coefficient (Wildman–Crippen LogP) is 1.06. The molecule has 0 amide bonds. The van der Waals surface area contributed by atoms with Crippen molar-refractivity contribution in [3.05, 3.63) is 0 Å². The van der Waals surface area contributed by atoms with Crippen LogP contribution in [-0.4, -0.2) is 33.0 Å². The van der Waals surface area contributed by atoms with E-state index in [4.69, 9.17) is 0 Å². The lowest BCUT2D eigenvalue weighted by molar-refractivity contribution is 0.548. The Kier molecular flexibility index (Phi) is 5.56. The lowest BCUT2D eigenvalue weighted by atomic mass is 10.3. The van der Waals surface area contributed by atoms with Gasteiger partial charge in [-0.05, 0) is 19.4 Å². The molecule has 0 aromatic carbocycles. The number of nitrogens with one attached hydrogen (secondary N) is 1. The van der Waals surface area contributed by atoms with Crippen LogP contribution in [0.2, 0.25) is 0 Å². The van der Waals surface area contributed by atoms with Crippen LogP contribution in [0.3, 0.4) is 0 Å². The first-order valence-electron chi connectivity index (χ1n) is 4.79. The van der Waals surface area contributed by atoms with Crippen LogP contribution in [0.5, 0.6) is 0 Å². The molecule has 0 rings (SSSR count). The minimum Gasteiger partial charge on any atom is -0.316 e. The van der Waals surface area contributed by atoms with Crippen LogP contribution >= 0.6 is 0 Å². The Morgan fingerprint density at radius 2 is 1.77 bits per heavy atom. The first-order valence-corrected chi connectivity index (χ1v) is 6.61. The van der Waals surface area contributed by atoms with E-state index in [0.717, 1.165) is 6.42 Å². The van der Waals surface area contributed by atoms with E-state index in [2.05, 4.69) is 5.32 Å². The van der Waals surface area contributed by atoms with Gasteiger partial charge in [-0.15, -0.1) is 0 Å². The molecular formula is C9H21NO2S. The molecule has 0 spiro atoms. The van der Waals surface area contributed by atoms with Gasteiger partial charge in [-0.1, -0.05) is 20.8 Å². The van der Waals surface area contributed by atoms with E-state index in [-0.39, 0.29) is 17.7 Å². The lowest BCUT2D eigenvalue weighted by Crippen LogP contribution is -2.34. The number of rotatable bonds is 6. The Hall–Kier alpha value is -0.0900. The molecule has 0 radical (unpaired) electrons. The molecule has 0 aliphatic rings. The van der Waals surface area contributed by atoms with Crippen molar-refractivity contribution < 1.29 is 8.42 Å². The van der Waals surface area contributed by atoms with Gasteiger partial charge in [0.2, 0.25) is 0 Å². The molecule has 4 heteroatoms. The molecule has 0 aliphatic carbocycles. The molecule has 0 fully saturated rings. The van der Waals surface area contributed by atoms with Crippen molar-refractivity contribution >= 4 is 9.84 Å². The van der Waals surface area contributed by atoms with Crippen LogP contribution in [0.1, 0.15) is 27.2 Å². The molecule has 0 saturated heterocycles. The Morgan fingerprint density at radius 3 is 2.08 bits per heavy atom. The van der Waals surface area contributed by atoms with E-state index >= 15 is 0 Å². The fraction of sp³-hybridized carbons (Fsp3) is 1.00. The summed E-state index contributed by atoms with van der Waals surface area (Å²) in [6.07, 6.45) is 0.855. The van der Waals surface area contributed by atoms with E-state index < -0.39 is 9.84 Å². The Labute approximate surface area is 81.8 Å². The summed E-state index contributed by atoms with van der Waals surface area (Å²) in [5.41, 5.74) is 0. The summed E-state index contributed by atoms with van der Waals surface area (Å²) in [6.45, 7) is 5.85. The van der Waals surface area contributed by atoms with Gasteiger partial charge >= 0.3 is 0 Å². The summed E-state index contributed by atoms with van der Waals surface area (Å²) in [4.78, 5) is 0. The maximum absolute atomic E-state index is 11.5. The molecule has 0 aromatic rings. The second kappa shape index (κ2) is 5.60. The molecule has 0 saturated carbocycles. The van der Waals surface area contributed by atoms with E-state index in [1.807, 2.05) is 20.8 Å². The highest BCUT2D eigenvalue weighted by Gasteiger charge is 2.17. The Balaban J connectivity index is 4.16. The highest BCUT2D eigenvalue weighted by molar-refractivity contribution is 7.91. The minimum absolute atomic E-state index is 0.101. The highest BCUT2D eigenvalue weighted by atomic mass is 32.2. The van der Waals surface area contributed by atoms with Crippen LogP contribution in [0, 0.1) is 5.92 Å². The molecule has 80 valence electrons. The van der Waals surface area contributed by atoms with Gasteiger partial charge in [0.15, 0.2) is 9.84 Å². The molecule has 1 N–H and O–H groups in total. The average Bonchev–Trinajstić information content (AvgIpc) is 1.97. The zero-order chi connectivity index (χ0) is 10.5. The van der Waals surface area contributed by atoms with Crippen molar-refractivity contribution in [3.63, 3.8) is 0 Å². The van der Waals surface area contributed by atoms with Gasteiger partial charge in [0.1, 0.15) is 0 Å². The van der Waals surface area contributed by atoms with Crippen molar-refractivity contribution in [1.82, 2.24) is 5.32 Å². The van der Waals surface area contributed by atoms with Gasteiger partial charge < -0.3 is 5.32 Å². The van der Waals surface area contributed by atoms with E-state index in [0.29, 0.717) is 5.75 Å². The molecule has 0 aromatic heterocycles. The molecule has 13 heavy (non-hydrogen) atoms. The molecular weight excluding hydrogens is 186 g/mol. The quantitative estimate of drug-likeness (QED) is 0.708. The molecule has 1 unspecified atom stereocenters. The highest BCUT2D eigenvalue weighted by Crippen LogP contribution is 2.04. The first kappa shape index (κ1) is 12.9. The summed E-state index contributed by atoms with van der Waals surface area (Å²) in [5, 5.41) is 3.00. The van der Waals surface area contributed by atoms with E-state index in [9.17, 15) is 8.42 Å². The van der Waals surface area contributed by atoms with E-state index in [1.165, 1.54) is 0 Å². The smallest absolute Gasteiger partial charge is 0.152 e. The van der Waals surface area contributed by atoms with Gasteiger partial charge in [-0.2, -0.15) is 0 Å². The second-order valence-corrected chi connectivity index (χ2v) is 6.02. The van der Waals surface area contributed by atoms with Crippen molar-refractivity contribution in [3.8, 4) is 0 Å². The van der Waals surface area contributed by atoms with Gasteiger partial charge in [0.25, 0.3) is 0 Å². The van der Waals surface area contributed by atoms with Crippen LogP contribution in [0.4, 0.5) is 0 Å². The maximum atomic E-state index is 11.5. The summed E-state index contributed by atoms with van der Waals surface area (Å²) in [7, 11) is -1.06. The lowest BCUT2D eigenvalue weighted by Gasteiger charge is -2.14. The van der Waals surface area contributed by atoms with Crippen LogP contribution in [-0.2, 0) is 9.84 Å². The van der Waals surface area contributed by atoms with Crippen molar-refractivity contribution in [1.29, 1.82) is 0 Å². The zero-order valence-corrected chi connectivity index (χ0v) is 9.82. The third-order valence-corrected chi connectivity index (χ3v) is 4.03. The molecule has 3 nitrogen and oxygen atoms in total. The number of sulfone groups is 1. The Morgan fingerprint density at radius 1 is 1.23 bits per heavy atom. The van der Waals surface area contributed by atoms with Gasteiger partial charge in [0.05, 0.1) is 11.5 Å². The summed E-state index contributed by atoms with van der Waals surface area (Å²) < 4.78 is 23.1.